The number of carbonyl (C=O) groups excluding carboxylic acids is 2. The van der Waals surface area contributed by atoms with E-state index in [9.17, 15) is 9.59 Å². The molecule has 1 aromatic heterocycles. The monoisotopic (exact) mass is 478 g/mol. The third kappa shape index (κ3) is 5.16. The lowest BCUT2D eigenvalue weighted by Crippen LogP contribution is -2.13. The van der Waals surface area contributed by atoms with Crippen LogP contribution in [0.25, 0.3) is 22.2 Å². The van der Waals surface area contributed by atoms with Gasteiger partial charge in [0.1, 0.15) is 0 Å². The Kier molecular flexibility index (Phi) is 6.92. The van der Waals surface area contributed by atoms with E-state index in [0.717, 1.165) is 6.42 Å². The molecule has 1 heterocycles. The zero-order chi connectivity index (χ0) is 23.4. The summed E-state index contributed by atoms with van der Waals surface area (Å²) in [5, 5.41) is 4.57. The summed E-state index contributed by atoms with van der Waals surface area (Å²) in [6, 6.07) is 20.8. The van der Waals surface area contributed by atoms with Crippen LogP contribution >= 0.6 is 23.2 Å². The highest BCUT2D eigenvalue weighted by Gasteiger charge is 2.16. The molecular formula is C26H20Cl2N2O3. The fourth-order valence-corrected chi connectivity index (χ4v) is 3.87. The van der Waals surface area contributed by atoms with E-state index in [4.69, 9.17) is 27.9 Å². The number of carbonyl (C=O) groups is 2. The number of pyridine rings is 1. The number of nitrogens with one attached hydrogen (secondary N) is 1. The average molecular weight is 479 g/mol. The van der Waals surface area contributed by atoms with E-state index in [1.807, 2.05) is 31.2 Å². The number of hydrogen-bond acceptors (Lipinski definition) is 4. The minimum Gasteiger partial charge on any atom is -0.462 e. The molecular weight excluding hydrogens is 459 g/mol. The first kappa shape index (κ1) is 22.8. The second-order valence-corrected chi connectivity index (χ2v) is 8.21. The quantitative estimate of drug-likeness (QED) is 0.302. The van der Waals surface area contributed by atoms with Crippen molar-refractivity contribution in [3.05, 3.63) is 94.0 Å². The summed E-state index contributed by atoms with van der Waals surface area (Å²) in [6.07, 6.45) is 0.753. The molecule has 4 rings (SSSR count). The maximum absolute atomic E-state index is 13.2. The van der Waals surface area contributed by atoms with Gasteiger partial charge in [-0.2, -0.15) is 0 Å². The van der Waals surface area contributed by atoms with Crippen LogP contribution in [0.5, 0.6) is 0 Å². The highest BCUT2D eigenvalue weighted by atomic mass is 35.5. The van der Waals surface area contributed by atoms with Crippen LogP contribution in [0.15, 0.2) is 72.8 Å². The number of hydrogen-bond donors (Lipinski definition) is 1. The number of halogens is 2. The number of para-hydroxylation sites is 1. The summed E-state index contributed by atoms with van der Waals surface area (Å²) in [6.45, 7) is 2.30. The Bertz CT molecular complexity index is 1340. The maximum Gasteiger partial charge on any atom is 0.338 e. The summed E-state index contributed by atoms with van der Waals surface area (Å²) in [4.78, 5) is 29.9. The van der Waals surface area contributed by atoms with Gasteiger partial charge in [0.25, 0.3) is 5.91 Å². The topological polar surface area (TPSA) is 68.3 Å². The summed E-state index contributed by atoms with van der Waals surface area (Å²) in [7, 11) is 0. The Hall–Kier alpha value is -3.41. The number of benzene rings is 3. The SMILES string of the molecule is CCCOC(=O)c1ccc(NC(=O)c2cc(-c3ccc(Cl)cc3Cl)nc3ccccc23)cc1. The highest BCUT2D eigenvalue weighted by Crippen LogP contribution is 2.32. The molecule has 3 aromatic carbocycles. The molecule has 5 nitrogen and oxygen atoms in total. The first-order valence-corrected chi connectivity index (χ1v) is 11.2. The number of rotatable bonds is 6. The molecule has 0 aliphatic carbocycles. The minimum atomic E-state index is -0.390. The average Bonchev–Trinajstić information content (AvgIpc) is 2.82. The van der Waals surface area contributed by atoms with Crippen molar-refractivity contribution in [1.82, 2.24) is 4.98 Å². The molecule has 0 saturated carbocycles. The van der Waals surface area contributed by atoms with E-state index in [2.05, 4.69) is 10.3 Å². The van der Waals surface area contributed by atoms with E-state index in [-0.39, 0.29) is 11.9 Å². The third-order valence-electron chi connectivity index (χ3n) is 4.98. The predicted octanol–water partition coefficient (Wildman–Crippen LogP) is 7.03. The Morgan fingerprint density at radius 1 is 0.970 bits per heavy atom. The smallest absolute Gasteiger partial charge is 0.338 e. The largest absolute Gasteiger partial charge is 0.462 e. The van der Waals surface area contributed by atoms with Crippen LogP contribution in [0, 0.1) is 0 Å². The van der Waals surface area contributed by atoms with Crippen LogP contribution in [-0.4, -0.2) is 23.5 Å². The number of fused-ring (bicyclic) bond motifs is 1. The Balaban J connectivity index is 1.66. The molecule has 166 valence electrons. The zero-order valence-electron chi connectivity index (χ0n) is 17.8. The summed E-state index contributed by atoms with van der Waals surface area (Å²) in [5.41, 5.74) is 3.34. The molecule has 0 radical (unpaired) electrons. The van der Waals surface area contributed by atoms with Crippen LogP contribution in [0.4, 0.5) is 5.69 Å². The van der Waals surface area contributed by atoms with E-state index < -0.39 is 0 Å². The van der Waals surface area contributed by atoms with Gasteiger partial charge in [-0.05, 0) is 61.0 Å². The van der Waals surface area contributed by atoms with Gasteiger partial charge in [-0.3, -0.25) is 4.79 Å². The standard InChI is InChI=1S/C26H20Cl2N2O3/c1-2-13-33-26(32)16-7-10-18(11-8-16)29-25(31)21-15-24(20-12-9-17(27)14-22(20)28)30-23-6-4-3-5-19(21)23/h3-12,14-15H,2,13H2,1H3,(H,29,31). The van der Waals surface area contributed by atoms with E-state index >= 15 is 0 Å². The fraction of sp³-hybridized carbons (Fsp3) is 0.115. The van der Waals surface area contributed by atoms with Crippen molar-refractivity contribution in [2.75, 3.05) is 11.9 Å². The molecule has 0 aliphatic heterocycles. The normalized spacial score (nSPS) is 10.8. The van der Waals surface area contributed by atoms with Crippen LogP contribution in [-0.2, 0) is 4.74 Å². The van der Waals surface area contributed by atoms with Crippen molar-refractivity contribution in [3.8, 4) is 11.3 Å². The van der Waals surface area contributed by atoms with Gasteiger partial charge >= 0.3 is 5.97 Å². The molecule has 33 heavy (non-hydrogen) atoms. The Labute approximate surface area is 201 Å². The lowest BCUT2D eigenvalue weighted by atomic mass is 10.0. The lowest BCUT2D eigenvalue weighted by Gasteiger charge is -2.12. The second-order valence-electron chi connectivity index (χ2n) is 7.36. The van der Waals surface area contributed by atoms with Crippen LogP contribution < -0.4 is 5.32 Å². The van der Waals surface area contributed by atoms with Gasteiger partial charge in [0.05, 0.1) is 34.0 Å². The molecule has 0 unspecified atom stereocenters. The van der Waals surface area contributed by atoms with Gasteiger partial charge in [-0.15, -0.1) is 0 Å². The van der Waals surface area contributed by atoms with Crippen molar-refractivity contribution >= 4 is 51.7 Å². The third-order valence-corrected chi connectivity index (χ3v) is 5.53. The molecule has 1 amide bonds. The molecule has 1 N–H and O–H groups in total. The van der Waals surface area contributed by atoms with E-state index in [1.165, 1.54) is 0 Å². The van der Waals surface area contributed by atoms with Crippen LogP contribution in [0.2, 0.25) is 10.0 Å². The van der Waals surface area contributed by atoms with Gasteiger partial charge in [0, 0.05) is 21.7 Å². The van der Waals surface area contributed by atoms with Crippen molar-refractivity contribution in [1.29, 1.82) is 0 Å². The minimum absolute atomic E-state index is 0.304. The van der Waals surface area contributed by atoms with Gasteiger partial charge in [-0.1, -0.05) is 48.3 Å². The molecule has 0 atom stereocenters. The molecule has 0 saturated heterocycles. The Morgan fingerprint density at radius 2 is 1.73 bits per heavy atom. The number of aromatic nitrogens is 1. The summed E-state index contributed by atoms with van der Waals surface area (Å²) >= 11 is 12.4. The molecule has 0 bridgehead atoms. The van der Waals surface area contributed by atoms with Gasteiger partial charge in [0.15, 0.2) is 0 Å². The van der Waals surface area contributed by atoms with Crippen LogP contribution in [0.1, 0.15) is 34.1 Å². The Morgan fingerprint density at radius 3 is 2.45 bits per heavy atom. The van der Waals surface area contributed by atoms with Crippen LogP contribution in [0.3, 0.4) is 0 Å². The van der Waals surface area contributed by atoms with Gasteiger partial charge in [0.2, 0.25) is 0 Å². The van der Waals surface area contributed by atoms with E-state index in [1.54, 1.807) is 48.5 Å². The molecule has 0 aliphatic rings. The first-order chi connectivity index (χ1) is 16.0. The summed E-state index contributed by atoms with van der Waals surface area (Å²) < 4.78 is 5.14. The molecule has 4 aromatic rings. The first-order valence-electron chi connectivity index (χ1n) is 10.4. The van der Waals surface area contributed by atoms with Gasteiger partial charge in [-0.25, -0.2) is 9.78 Å². The fourth-order valence-electron chi connectivity index (χ4n) is 3.36. The molecule has 7 heteroatoms. The lowest BCUT2D eigenvalue weighted by molar-refractivity contribution is 0.0505. The number of anilines is 1. The maximum atomic E-state index is 13.2. The van der Waals surface area contributed by atoms with Crippen molar-refractivity contribution in [2.24, 2.45) is 0 Å². The number of ether oxygens (including phenoxy) is 1. The van der Waals surface area contributed by atoms with Gasteiger partial charge < -0.3 is 10.1 Å². The zero-order valence-corrected chi connectivity index (χ0v) is 19.3. The van der Waals surface area contributed by atoms with Crippen molar-refractivity contribution in [3.63, 3.8) is 0 Å². The molecule has 0 spiro atoms. The van der Waals surface area contributed by atoms with Crippen molar-refractivity contribution in [2.45, 2.75) is 13.3 Å². The highest BCUT2D eigenvalue weighted by molar-refractivity contribution is 6.36. The number of nitrogens with zero attached hydrogens (tertiary/aromatic N) is 1. The van der Waals surface area contributed by atoms with Crippen molar-refractivity contribution < 1.29 is 14.3 Å². The predicted molar refractivity (Wildman–Crippen MR) is 132 cm³/mol. The second kappa shape index (κ2) is 10.0. The summed E-state index contributed by atoms with van der Waals surface area (Å²) in [5.74, 6) is -0.694. The number of esters is 1. The molecule has 0 fully saturated rings. The van der Waals surface area contributed by atoms with E-state index in [0.29, 0.717) is 55.6 Å². The number of amides is 1.